The van der Waals surface area contributed by atoms with Gasteiger partial charge >= 0.3 is 13.4 Å². The summed E-state index contributed by atoms with van der Waals surface area (Å²) in [6.45, 7) is -3.44. The molecule has 5 heterocycles. The number of H-pyrrole nitrogens is 1. The van der Waals surface area contributed by atoms with Gasteiger partial charge < -0.3 is 37.0 Å². The van der Waals surface area contributed by atoms with E-state index in [1.807, 2.05) is 6.07 Å². The Morgan fingerprint density at radius 3 is 2.80 bits per heavy atom. The first-order valence-electron chi connectivity index (χ1n) is 15.9. The predicted molar refractivity (Wildman–Crippen MR) is 183 cm³/mol. The van der Waals surface area contributed by atoms with Gasteiger partial charge in [0.15, 0.2) is 23.6 Å². The Bertz CT molecular complexity index is 1940. The van der Waals surface area contributed by atoms with Gasteiger partial charge in [0.05, 0.1) is 44.7 Å². The predicted octanol–water partition coefficient (Wildman–Crippen LogP) is 3.03. The largest absolute Gasteiger partial charge is 0.471 e. The van der Waals surface area contributed by atoms with E-state index in [1.54, 1.807) is 20.8 Å². The highest BCUT2D eigenvalue weighted by molar-refractivity contribution is 8.07. The Morgan fingerprint density at radius 2 is 2.08 bits per heavy atom. The van der Waals surface area contributed by atoms with Crippen molar-refractivity contribution in [3.63, 3.8) is 0 Å². The fraction of sp³-hybridized carbons (Fsp3) is 0.607. The van der Waals surface area contributed by atoms with Crippen LogP contribution in [0.5, 0.6) is 5.88 Å². The molecule has 2 aliphatic heterocycles. The average molecular weight is 789 g/mol. The van der Waals surface area contributed by atoms with Gasteiger partial charge in [-0.15, -0.1) is 0 Å². The van der Waals surface area contributed by atoms with Crippen LogP contribution in [0.1, 0.15) is 39.8 Å². The van der Waals surface area contributed by atoms with Gasteiger partial charge in [-0.2, -0.15) is 10.2 Å². The lowest BCUT2D eigenvalue weighted by molar-refractivity contribution is -0.118. The number of amides is 1. The molecule has 1 aliphatic carbocycles. The maximum atomic E-state index is 16.0. The number of nitrogens with one attached hydrogen (secondary N) is 2. The third kappa shape index (κ3) is 8.53. The van der Waals surface area contributed by atoms with E-state index in [4.69, 9.17) is 55.7 Å². The summed E-state index contributed by atoms with van der Waals surface area (Å²) in [5.74, 6) is -2.08. The summed E-state index contributed by atoms with van der Waals surface area (Å²) in [5, 5.41) is 11.8. The summed E-state index contributed by atoms with van der Waals surface area (Å²) >= 11 is 11.2. The van der Waals surface area contributed by atoms with Crippen molar-refractivity contribution in [1.82, 2.24) is 29.5 Å². The number of carbonyl (C=O) groups is 1. The molecule has 3 N–H and O–H groups in total. The van der Waals surface area contributed by atoms with Crippen LogP contribution in [-0.2, 0) is 55.8 Å². The average Bonchev–Trinajstić information content (AvgIpc) is 3.73. The molecule has 0 radical (unpaired) electrons. The number of aromatic nitrogens is 6. The Morgan fingerprint density at radius 1 is 1.27 bits per heavy atom. The van der Waals surface area contributed by atoms with Crippen molar-refractivity contribution < 1.29 is 46.2 Å². The molecule has 3 fully saturated rings. The van der Waals surface area contributed by atoms with Crippen LogP contribution in [0.2, 0.25) is 0 Å². The number of halogens is 1. The van der Waals surface area contributed by atoms with Gasteiger partial charge in [-0.25, -0.2) is 19.3 Å². The molecule has 3 aliphatic rings. The maximum absolute atomic E-state index is 16.0. The smallest absolute Gasteiger partial charge is 0.327 e. The highest BCUT2D eigenvalue weighted by atomic mass is 32.5. The number of hydrogen-bond donors (Lipinski definition) is 3. The minimum absolute atomic E-state index is 0.0323. The lowest BCUT2D eigenvalue weighted by atomic mass is 10.0. The number of hydrogen-bond acceptors (Lipinski definition) is 16. The van der Waals surface area contributed by atoms with E-state index in [0.717, 1.165) is 0 Å². The summed E-state index contributed by atoms with van der Waals surface area (Å²) in [6.07, 6.45) is -3.03. The topological polar surface area (TPSA) is 227 Å². The number of fused-ring (bicyclic) bond motifs is 4. The van der Waals surface area contributed by atoms with Gasteiger partial charge in [-0.1, -0.05) is 20.8 Å². The normalized spacial score (nSPS) is 34.2. The molecule has 276 valence electrons. The number of nitriles is 1. The molecule has 3 aromatic heterocycles. The minimum atomic E-state index is -4.10. The molecule has 1 amide bonds. The molecule has 2 bridgehead atoms. The number of aromatic amines is 1. The monoisotopic (exact) mass is 788 g/mol. The number of alkyl halides is 1. The molecule has 2 saturated heterocycles. The Balaban J connectivity index is 1.34. The van der Waals surface area contributed by atoms with Crippen molar-refractivity contribution >= 4 is 60.1 Å². The second-order valence-electron chi connectivity index (χ2n) is 12.3. The van der Waals surface area contributed by atoms with E-state index in [-0.39, 0.29) is 61.6 Å². The van der Waals surface area contributed by atoms with Crippen molar-refractivity contribution in [2.45, 2.75) is 70.4 Å². The summed E-state index contributed by atoms with van der Waals surface area (Å²) < 4.78 is 59.7. The molecule has 10 atom stereocenters. The van der Waals surface area contributed by atoms with Gasteiger partial charge in [0, 0.05) is 30.0 Å². The molecule has 3 aromatic rings. The standard InChI is InChI=1S/C28H35FN8O10P2S2/c1-14(2)25(38)35-28-34-24-21(26(39)36-28)33-13-37(24)27-22-15(3)18(45-27)11-42-48(40,50)46-23-16(10-43-49(51,47-22)41-8-4-6-30)9-17(20(23)29)44-19-5-7-31-12-32-19/h5,7,12-18,20,22-23,27H,4,8-11H2,1-3H3,(H,40,50)(H2,34,35,36,38,39)/t15-,16-,17-,18-,20+,22-,23-,27-,48?,49?/m1/s1. The second kappa shape index (κ2) is 15.6. The number of imidazole rings is 1. The third-order valence-corrected chi connectivity index (χ3v) is 12.4. The van der Waals surface area contributed by atoms with E-state index >= 15 is 4.39 Å². The van der Waals surface area contributed by atoms with Crippen LogP contribution in [0.3, 0.4) is 0 Å². The van der Waals surface area contributed by atoms with E-state index in [1.165, 1.54) is 29.5 Å². The first kappa shape index (κ1) is 37.9. The molecule has 2 unspecified atom stereocenters. The fourth-order valence-corrected chi connectivity index (χ4v) is 9.45. The lowest BCUT2D eigenvalue weighted by Crippen LogP contribution is -2.33. The van der Waals surface area contributed by atoms with E-state index < -0.39 is 73.6 Å². The van der Waals surface area contributed by atoms with E-state index in [2.05, 4.69) is 30.2 Å². The van der Waals surface area contributed by atoms with Crippen molar-refractivity contribution in [3.8, 4) is 11.9 Å². The van der Waals surface area contributed by atoms with E-state index in [9.17, 15) is 19.7 Å². The van der Waals surface area contributed by atoms with Crippen LogP contribution >= 0.6 is 13.4 Å². The highest BCUT2D eigenvalue weighted by Crippen LogP contribution is 2.58. The molecule has 51 heavy (non-hydrogen) atoms. The number of carbonyl (C=O) groups excluding carboxylic acids is 1. The molecule has 23 heteroatoms. The van der Waals surface area contributed by atoms with Crippen LogP contribution in [0.4, 0.5) is 10.3 Å². The molecule has 18 nitrogen and oxygen atoms in total. The zero-order valence-electron chi connectivity index (χ0n) is 27.4. The highest BCUT2D eigenvalue weighted by Gasteiger charge is 2.52. The van der Waals surface area contributed by atoms with Crippen LogP contribution in [0.15, 0.2) is 29.7 Å². The lowest BCUT2D eigenvalue weighted by Gasteiger charge is -2.31. The second-order valence-corrected chi connectivity index (χ2v) is 18.1. The maximum Gasteiger partial charge on any atom is 0.327 e. The third-order valence-electron chi connectivity index (χ3n) is 8.49. The SMILES string of the molecule is CC(C)C(=O)Nc1nc2c(ncn2[C@@H]2O[C@@H]3COP(O)(=S)O[C@@H]4[C@@H](COP(=S)(OCCC#N)O[C@@H]2[C@@H]3C)C[C@@H](Oc2ccncn2)[C@@H]4F)c(=O)[nH]1. The Kier molecular flexibility index (Phi) is 11.6. The van der Waals surface area contributed by atoms with Crippen molar-refractivity contribution in [2.24, 2.45) is 17.8 Å². The van der Waals surface area contributed by atoms with Crippen LogP contribution in [-0.4, -0.2) is 90.7 Å². The number of anilines is 1. The van der Waals surface area contributed by atoms with Crippen molar-refractivity contribution in [1.29, 1.82) is 5.26 Å². The minimum Gasteiger partial charge on any atom is -0.471 e. The number of nitrogens with zero attached hydrogens (tertiary/aromatic N) is 6. The van der Waals surface area contributed by atoms with Gasteiger partial charge in [-0.05, 0) is 30.0 Å². The zero-order chi connectivity index (χ0) is 36.5. The van der Waals surface area contributed by atoms with Crippen molar-refractivity contribution in [3.05, 3.63) is 35.3 Å². The summed E-state index contributed by atoms with van der Waals surface area (Å²) in [6, 6.07) is 3.46. The summed E-state index contributed by atoms with van der Waals surface area (Å²) in [7, 11) is 0. The van der Waals surface area contributed by atoms with Gasteiger partial charge in [-0.3, -0.25) is 24.5 Å². The fourth-order valence-electron chi connectivity index (χ4n) is 5.79. The first-order valence-corrected chi connectivity index (χ1v) is 21.0. The quantitative estimate of drug-likeness (QED) is 0.220. The van der Waals surface area contributed by atoms with Crippen molar-refractivity contribution in [2.75, 3.05) is 25.1 Å². The van der Waals surface area contributed by atoms with Gasteiger partial charge in [0.2, 0.25) is 17.7 Å². The van der Waals surface area contributed by atoms with Gasteiger partial charge in [0.1, 0.15) is 24.6 Å². The molecule has 0 aromatic carbocycles. The molecular weight excluding hydrogens is 753 g/mol. The van der Waals surface area contributed by atoms with Crippen LogP contribution < -0.4 is 15.6 Å². The van der Waals surface area contributed by atoms with Crippen LogP contribution in [0, 0.1) is 29.1 Å². The van der Waals surface area contributed by atoms with Gasteiger partial charge in [0.25, 0.3) is 5.56 Å². The number of rotatable bonds is 8. The summed E-state index contributed by atoms with van der Waals surface area (Å²) in [5.41, 5.74) is -0.610. The molecule has 1 saturated carbocycles. The Hall–Kier alpha value is -2.86. The van der Waals surface area contributed by atoms with Crippen LogP contribution in [0.25, 0.3) is 11.2 Å². The molecule has 0 spiro atoms. The zero-order valence-corrected chi connectivity index (χ0v) is 30.9. The first-order chi connectivity index (χ1) is 24.3. The Labute approximate surface area is 300 Å². The molecular formula is C28H35FN8O10P2S2. The summed E-state index contributed by atoms with van der Waals surface area (Å²) in [4.78, 5) is 55.5. The number of ether oxygens (including phenoxy) is 2. The molecule has 6 rings (SSSR count). The van der Waals surface area contributed by atoms with E-state index in [0.29, 0.717) is 0 Å².